The molecule has 1 unspecified atom stereocenters. The number of nitro groups is 1. The number of carboxylic acids is 1. The van der Waals surface area contributed by atoms with Crippen molar-refractivity contribution in [1.82, 2.24) is 0 Å². The Kier molecular flexibility index (Phi) is 3.77. The smallest absolute Gasteiger partial charge is 0.324 e. The van der Waals surface area contributed by atoms with Crippen molar-refractivity contribution in [2.75, 3.05) is 5.75 Å². The average Bonchev–Trinajstić information content (AvgIpc) is 3.20. The zero-order chi connectivity index (χ0) is 14.0. The predicted molar refractivity (Wildman–Crippen MR) is 71.1 cm³/mol. The van der Waals surface area contributed by atoms with Crippen LogP contribution in [0.4, 0.5) is 5.69 Å². The molecule has 0 aliphatic heterocycles. The highest BCUT2D eigenvalue weighted by Gasteiger charge is 2.48. The molecule has 0 aromatic heterocycles. The minimum Gasteiger partial charge on any atom is -0.480 e. The summed E-state index contributed by atoms with van der Waals surface area (Å²) in [5, 5.41) is 20.1. The molecule has 1 aliphatic rings. The van der Waals surface area contributed by atoms with Crippen LogP contribution in [0.2, 0.25) is 0 Å². The number of carbonyl (C=O) groups is 1. The van der Waals surface area contributed by atoms with Gasteiger partial charge in [0.2, 0.25) is 0 Å². The van der Waals surface area contributed by atoms with E-state index in [4.69, 9.17) is 5.73 Å². The molecule has 1 atom stereocenters. The molecular weight excluding hydrogens is 268 g/mol. The second-order valence-corrected chi connectivity index (χ2v) is 5.65. The third kappa shape index (κ3) is 2.87. The SMILES string of the molecule is NC(CSc1ccccc1[N+](=O)[O-])(C(=O)O)C1CC1. The number of hydrogen-bond donors (Lipinski definition) is 2. The van der Waals surface area contributed by atoms with Gasteiger partial charge < -0.3 is 10.8 Å². The summed E-state index contributed by atoms with van der Waals surface area (Å²) in [6.45, 7) is 0. The van der Waals surface area contributed by atoms with E-state index < -0.39 is 16.4 Å². The maximum Gasteiger partial charge on any atom is 0.324 e. The number of rotatable bonds is 6. The van der Waals surface area contributed by atoms with Crippen LogP contribution in [-0.2, 0) is 4.79 Å². The third-order valence-corrected chi connectivity index (χ3v) is 4.51. The van der Waals surface area contributed by atoms with Gasteiger partial charge in [-0.25, -0.2) is 0 Å². The topological polar surface area (TPSA) is 106 Å². The van der Waals surface area contributed by atoms with E-state index in [1.54, 1.807) is 18.2 Å². The minimum absolute atomic E-state index is 0.0176. The summed E-state index contributed by atoms with van der Waals surface area (Å²) in [6.07, 6.45) is 1.61. The van der Waals surface area contributed by atoms with Gasteiger partial charge in [-0.1, -0.05) is 12.1 Å². The molecule has 102 valence electrons. The molecule has 1 aliphatic carbocycles. The summed E-state index contributed by atoms with van der Waals surface area (Å²) in [4.78, 5) is 22.1. The fourth-order valence-corrected chi connectivity index (χ4v) is 3.10. The zero-order valence-corrected chi connectivity index (χ0v) is 10.9. The van der Waals surface area contributed by atoms with Crippen molar-refractivity contribution >= 4 is 23.4 Å². The first kappa shape index (κ1) is 13.8. The monoisotopic (exact) mass is 282 g/mol. The molecule has 0 spiro atoms. The molecule has 1 aromatic rings. The molecule has 0 heterocycles. The molecule has 2 rings (SSSR count). The van der Waals surface area contributed by atoms with Gasteiger partial charge in [-0.3, -0.25) is 14.9 Å². The predicted octanol–water partition coefficient (Wildman–Crippen LogP) is 1.88. The fourth-order valence-electron chi connectivity index (χ4n) is 1.88. The Morgan fingerprint density at radius 2 is 2.16 bits per heavy atom. The highest BCUT2D eigenvalue weighted by Crippen LogP contribution is 2.42. The molecule has 6 nitrogen and oxygen atoms in total. The lowest BCUT2D eigenvalue weighted by Gasteiger charge is -2.23. The van der Waals surface area contributed by atoms with Crippen molar-refractivity contribution in [3.05, 3.63) is 34.4 Å². The highest BCUT2D eigenvalue weighted by atomic mass is 32.2. The van der Waals surface area contributed by atoms with Crippen LogP contribution in [0.1, 0.15) is 12.8 Å². The largest absolute Gasteiger partial charge is 0.480 e. The van der Waals surface area contributed by atoms with Crippen LogP contribution in [0.25, 0.3) is 0 Å². The van der Waals surface area contributed by atoms with Crippen LogP contribution in [0.15, 0.2) is 29.2 Å². The van der Waals surface area contributed by atoms with Crippen molar-refractivity contribution in [1.29, 1.82) is 0 Å². The van der Waals surface area contributed by atoms with E-state index in [-0.39, 0.29) is 17.4 Å². The Morgan fingerprint density at radius 1 is 1.53 bits per heavy atom. The second kappa shape index (κ2) is 5.18. The average molecular weight is 282 g/mol. The molecule has 3 N–H and O–H groups in total. The van der Waals surface area contributed by atoms with Crippen LogP contribution in [-0.4, -0.2) is 27.3 Å². The second-order valence-electron chi connectivity index (χ2n) is 4.63. The number of nitrogens with zero attached hydrogens (tertiary/aromatic N) is 1. The summed E-state index contributed by atoms with van der Waals surface area (Å²) in [5.41, 5.74) is 4.62. The molecule has 1 fully saturated rings. The Balaban J connectivity index is 2.14. The van der Waals surface area contributed by atoms with Crippen molar-refractivity contribution in [2.24, 2.45) is 11.7 Å². The van der Waals surface area contributed by atoms with Gasteiger partial charge in [0, 0.05) is 11.8 Å². The summed E-state index contributed by atoms with van der Waals surface area (Å²) in [5.74, 6) is -0.931. The highest BCUT2D eigenvalue weighted by molar-refractivity contribution is 7.99. The molecule has 0 bridgehead atoms. The quantitative estimate of drug-likeness (QED) is 0.468. The third-order valence-electron chi connectivity index (χ3n) is 3.23. The summed E-state index contributed by atoms with van der Waals surface area (Å²) in [6, 6.07) is 6.28. The van der Waals surface area contributed by atoms with Gasteiger partial charge in [0.15, 0.2) is 0 Å². The van der Waals surface area contributed by atoms with Crippen molar-refractivity contribution in [3.8, 4) is 0 Å². The maximum absolute atomic E-state index is 11.3. The van der Waals surface area contributed by atoms with E-state index >= 15 is 0 Å². The number of hydrogen-bond acceptors (Lipinski definition) is 5. The number of nitro benzene ring substituents is 1. The van der Waals surface area contributed by atoms with Crippen LogP contribution < -0.4 is 5.73 Å². The maximum atomic E-state index is 11.3. The molecule has 0 amide bonds. The van der Waals surface area contributed by atoms with E-state index in [9.17, 15) is 20.0 Å². The summed E-state index contributed by atoms with van der Waals surface area (Å²) < 4.78 is 0. The standard InChI is InChI=1S/C12H14N2O4S/c13-12(11(15)16,8-5-6-8)7-19-10-4-2-1-3-9(10)14(17)18/h1-4,8H,5-7,13H2,(H,15,16). The Labute approximate surface area is 114 Å². The summed E-state index contributed by atoms with van der Waals surface area (Å²) >= 11 is 1.13. The van der Waals surface area contributed by atoms with Gasteiger partial charge in [0.25, 0.3) is 5.69 Å². The van der Waals surface area contributed by atoms with E-state index in [1.807, 2.05) is 0 Å². The van der Waals surface area contributed by atoms with E-state index in [0.717, 1.165) is 24.6 Å². The van der Waals surface area contributed by atoms with Gasteiger partial charge in [-0.15, -0.1) is 11.8 Å². The number of aliphatic carboxylic acids is 1. The van der Waals surface area contributed by atoms with Gasteiger partial charge in [-0.05, 0) is 24.8 Å². The van der Waals surface area contributed by atoms with Crippen molar-refractivity contribution in [3.63, 3.8) is 0 Å². The zero-order valence-electron chi connectivity index (χ0n) is 10.1. The molecule has 1 aromatic carbocycles. The molecule has 0 radical (unpaired) electrons. The van der Waals surface area contributed by atoms with Gasteiger partial charge >= 0.3 is 5.97 Å². The van der Waals surface area contributed by atoms with Crippen LogP contribution in [0.5, 0.6) is 0 Å². The van der Waals surface area contributed by atoms with E-state index in [1.165, 1.54) is 6.07 Å². The van der Waals surface area contributed by atoms with Gasteiger partial charge in [-0.2, -0.15) is 0 Å². The number of benzene rings is 1. The normalized spacial score (nSPS) is 17.7. The molecule has 0 saturated heterocycles. The van der Waals surface area contributed by atoms with Crippen LogP contribution in [0, 0.1) is 16.0 Å². The first-order chi connectivity index (χ1) is 8.95. The van der Waals surface area contributed by atoms with Crippen LogP contribution >= 0.6 is 11.8 Å². The molecular formula is C12H14N2O4S. The Morgan fingerprint density at radius 3 is 2.68 bits per heavy atom. The van der Waals surface area contributed by atoms with Crippen molar-refractivity contribution in [2.45, 2.75) is 23.3 Å². The Bertz CT molecular complexity index is 518. The lowest BCUT2D eigenvalue weighted by molar-refractivity contribution is -0.387. The van der Waals surface area contributed by atoms with Gasteiger partial charge in [0.05, 0.1) is 9.82 Å². The number of para-hydroxylation sites is 1. The van der Waals surface area contributed by atoms with E-state index in [0.29, 0.717) is 4.90 Å². The van der Waals surface area contributed by atoms with Crippen LogP contribution in [0.3, 0.4) is 0 Å². The van der Waals surface area contributed by atoms with E-state index in [2.05, 4.69) is 0 Å². The minimum atomic E-state index is -1.30. The Hall–Kier alpha value is -1.60. The fraction of sp³-hybridized carbons (Fsp3) is 0.417. The number of nitrogens with two attached hydrogens (primary N) is 1. The lowest BCUT2D eigenvalue weighted by Crippen LogP contribution is -2.52. The van der Waals surface area contributed by atoms with Gasteiger partial charge in [0.1, 0.15) is 5.54 Å². The lowest BCUT2D eigenvalue weighted by atomic mass is 9.98. The number of carboxylic acid groups (broad SMARTS) is 1. The molecule has 19 heavy (non-hydrogen) atoms. The summed E-state index contributed by atoms with van der Waals surface area (Å²) in [7, 11) is 0. The first-order valence-corrected chi connectivity index (χ1v) is 6.82. The number of thioether (sulfide) groups is 1. The molecule has 1 saturated carbocycles. The van der Waals surface area contributed by atoms with Crippen molar-refractivity contribution < 1.29 is 14.8 Å². The molecule has 7 heteroatoms. The first-order valence-electron chi connectivity index (χ1n) is 5.83.